The fourth-order valence-corrected chi connectivity index (χ4v) is 3.91. The fraction of sp³-hybridized carbons (Fsp3) is 0.579. The molecule has 1 aliphatic rings. The highest BCUT2D eigenvalue weighted by molar-refractivity contribution is 7.20. The van der Waals surface area contributed by atoms with E-state index in [1.807, 2.05) is 6.92 Å². The summed E-state index contributed by atoms with van der Waals surface area (Å²) < 4.78 is 55.5. The van der Waals surface area contributed by atoms with E-state index in [9.17, 15) is 18.0 Å². The Kier molecular flexibility index (Phi) is 7.18. The van der Waals surface area contributed by atoms with Gasteiger partial charge in [-0.15, -0.1) is 0 Å². The molecule has 29 heavy (non-hydrogen) atoms. The number of nitrogens with one attached hydrogen (secondary N) is 1. The van der Waals surface area contributed by atoms with E-state index >= 15 is 0 Å². The van der Waals surface area contributed by atoms with Gasteiger partial charge >= 0.3 is 0 Å². The summed E-state index contributed by atoms with van der Waals surface area (Å²) in [6.07, 6.45) is -0.885. The normalized spacial score (nSPS) is 19.8. The van der Waals surface area contributed by atoms with Crippen LogP contribution in [-0.2, 0) is 9.53 Å². The zero-order valence-electron chi connectivity index (χ0n) is 16.1. The van der Waals surface area contributed by atoms with Crippen LogP contribution in [0.3, 0.4) is 0 Å². The molecule has 1 amide bonds. The number of nitrogens with zero attached hydrogens (tertiary/aromatic N) is 1. The smallest absolute Gasteiger partial charge is 0.274 e. The molecule has 2 aromatic rings. The average Bonchev–Trinajstić information content (AvgIpc) is 3.03. The number of alkyl halides is 2. The summed E-state index contributed by atoms with van der Waals surface area (Å²) in [4.78, 5) is 15.0. The largest absolute Gasteiger partial charge is 0.490 e. The monoisotopic (exact) mass is 432 g/mol. The van der Waals surface area contributed by atoms with Gasteiger partial charge in [0.25, 0.3) is 11.6 Å². The van der Waals surface area contributed by atoms with Crippen molar-refractivity contribution in [3.8, 4) is 10.9 Å². The molecule has 6 nitrogen and oxygen atoms in total. The van der Waals surface area contributed by atoms with E-state index in [4.69, 9.17) is 14.2 Å². The Morgan fingerprint density at radius 2 is 2.07 bits per heavy atom. The van der Waals surface area contributed by atoms with Crippen LogP contribution >= 0.6 is 11.3 Å². The van der Waals surface area contributed by atoms with Crippen molar-refractivity contribution in [3.05, 3.63) is 17.9 Å². The van der Waals surface area contributed by atoms with Crippen LogP contribution in [-0.4, -0.2) is 49.3 Å². The lowest BCUT2D eigenvalue weighted by Crippen LogP contribution is -2.40. The minimum atomic E-state index is -2.62. The Bertz CT molecular complexity index is 842. The van der Waals surface area contributed by atoms with Gasteiger partial charge in [-0.3, -0.25) is 4.79 Å². The highest BCUT2D eigenvalue weighted by Gasteiger charge is 2.31. The molecule has 0 radical (unpaired) electrons. The Balaban J connectivity index is 1.45. The van der Waals surface area contributed by atoms with Crippen LogP contribution in [0.15, 0.2) is 12.1 Å². The van der Waals surface area contributed by atoms with Gasteiger partial charge in [0, 0.05) is 13.0 Å². The molecule has 1 fully saturated rings. The third-order valence-electron chi connectivity index (χ3n) is 4.47. The number of aromatic nitrogens is 1. The second kappa shape index (κ2) is 9.62. The molecule has 0 spiro atoms. The van der Waals surface area contributed by atoms with E-state index in [1.54, 1.807) is 6.07 Å². The maximum Gasteiger partial charge on any atom is 0.274 e. The van der Waals surface area contributed by atoms with E-state index in [0.717, 1.165) is 24.2 Å². The molecule has 0 bridgehead atoms. The standard InChI is InChI=1S/C19H23F3N2O4S/c1-10(23-11(2)25)7-26-13-5-12(6-13)8-27-15-4-3-14-18(17(15)22)29-19(24-14)28-9-16(20)21/h3-4,10,12-13,16H,5-9H2,1-2H3,(H,23,25)/t10-,12?,13?/m0/s1. The van der Waals surface area contributed by atoms with Crippen molar-refractivity contribution in [2.75, 3.05) is 19.8 Å². The van der Waals surface area contributed by atoms with E-state index < -0.39 is 18.8 Å². The van der Waals surface area contributed by atoms with Gasteiger partial charge in [0.2, 0.25) is 5.91 Å². The van der Waals surface area contributed by atoms with Crippen LogP contribution in [0.5, 0.6) is 10.9 Å². The van der Waals surface area contributed by atoms with Gasteiger partial charge in [-0.2, -0.15) is 0 Å². The SMILES string of the molecule is CC(=O)N[C@@H](C)COC1CC(COc2ccc3nc(OCC(F)F)sc3c2F)C1. The van der Waals surface area contributed by atoms with Gasteiger partial charge in [-0.25, -0.2) is 18.2 Å². The summed E-state index contributed by atoms with van der Waals surface area (Å²) in [7, 11) is 0. The van der Waals surface area contributed by atoms with Crippen molar-refractivity contribution in [1.29, 1.82) is 0 Å². The second-order valence-corrected chi connectivity index (χ2v) is 8.07. The van der Waals surface area contributed by atoms with Crippen LogP contribution in [0.25, 0.3) is 10.2 Å². The summed E-state index contributed by atoms with van der Waals surface area (Å²) >= 11 is 0.876. The molecule has 1 aromatic heterocycles. The maximum atomic E-state index is 14.6. The van der Waals surface area contributed by atoms with Gasteiger partial charge in [0.1, 0.15) is 0 Å². The molecule has 1 aliphatic carbocycles. The van der Waals surface area contributed by atoms with Crippen LogP contribution in [0, 0.1) is 11.7 Å². The third-order valence-corrected chi connectivity index (χ3v) is 5.45. The Labute approximate surface area is 170 Å². The summed E-state index contributed by atoms with van der Waals surface area (Å²) in [5.41, 5.74) is 0.342. The number of carbonyl (C=O) groups excluding carboxylic acids is 1. The number of carbonyl (C=O) groups is 1. The van der Waals surface area contributed by atoms with Gasteiger partial charge in [0.05, 0.1) is 29.5 Å². The van der Waals surface area contributed by atoms with Crippen molar-refractivity contribution in [1.82, 2.24) is 10.3 Å². The Hall–Kier alpha value is -2.07. The Morgan fingerprint density at radius 3 is 2.76 bits per heavy atom. The number of hydrogen-bond donors (Lipinski definition) is 1. The van der Waals surface area contributed by atoms with Gasteiger partial charge in [0.15, 0.2) is 18.2 Å². The molecule has 1 heterocycles. The zero-order valence-corrected chi connectivity index (χ0v) is 16.9. The molecule has 160 valence electrons. The molecule has 1 atom stereocenters. The van der Waals surface area contributed by atoms with E-state index in [1.165, 1.54) is 13.0 Å². The highest BCUT2D eigenvalue weighted by Crippen LogP contribution is 2.36. The average molecular weight is 432 g/mol. The minimum Gasteiger partial charge on any atom is -0.490 e. The number of hydrogen-bond acceptors (Lipinski definition) is 6. The number of benzene rings is 1. The van der Waals surface area contributed by atoms with E-state index in [2.05, 4.69) is 10.3 Å². The number of thiazole rings is 1. The number of fused-ring (bicyclic) bond motifs is 1. The van der Waals surface area contributed by atoms with Crippen molar-refractivity contribution in [2.24, 2.45) is 5.92 Å². The first-order valence-electron chi connectivity index (χ1n) is 9.33. The number of ether oxygens (including phenoxy) is 3. The number of halogens is 3. The number of amides is 1. The molecule has 1 aromatic carbocycles. The van der Waals surface area contributed by atoms with Crippen molar-refractivity contribution < 1.29 is 32.2 Å². The second-order valence-electron chi connectivity index (χ2n) is 7.11. The first-order valence-corrected chi connectivity index (χ1v) is 10.1. The molecule has 10 heteroatoms. The summed E-state index contributed by atoms with van der Waals surface area (Å²) in [6.45, 7) is 3.37. The van der Waals surface area contributed by atoms with E-state index in [-0.39, 0.29) is 39.6 Å². The molecule has 1 N–H and O–H groups in total. The first-order chi connectivity index (χ1) is 13.8. The molecule has 0 saturated heterocycles. The van der Waals surface area contributed by atoms with Gasteiger partial charge in [-0.05, 0) is 37.8 Å². The topological polar surface area (TPSA) is 69.7 Å². The summed E-state index contributed by atoms with van der Waals surface area (Å²) in [5, 5.41) is 2.76. The first kappa shape index (κ1) is 21.6. The zero-order chi connectivity index (χ0) is 21.0. The van der Waals surface area contributed by atoms with Crippen LogP contribution in [0.2, 0.25) is 0 Å². The molecular formula is C19H23F3N2O4S. The van der Waals surface area contributed by atoms with Crippen molar-refractivity contribution in [3.63, 3.8) is 0 Å². The summed E-state index contributed by atoms with van der Waals surface area (Å²) in [6, 6.07) is 3.02. The predicted molar refractivity (Wildman–Crippen MR) is 102 cm³/mol. The molecule has 3 rings (SSSR count). The van der Waals surface area contributed by atoms with Crippen molar-refractivity contribution >= 4 is 27.5 Å². The minimum absolute atomic E-state index is 0.00354. The van der Waals surface area contributed by atoms with Gasteiger partial charge < -0.3 is 19.5 Å². The quantitative estimate of drug-likeness (QED) is 0.619. The highest BCUT2D eigenvalue weighted by atomic mass is 32.1. The number of rotatable bonds is 10. The van der Waals surface area contributed by atoms with E-state index in [0.29, 0.717) is 18.7 Å². The lowest BCUT2D eigenvalue weighted by atomic mass is 9.83. The third kappa shape index (κ3) is 5.96. The maximum absolute atomic E-state index is 14.6. The van der Waals surface area contributed by atoms with Crippen LogP contribution < -0.4 is 14.8 Å². The van der Waals surface area contributed by atoms with Crippen molar-refractivity contribution in [2.45, 2.75) is 45.3 Å². The molecular weight excluding hydrogens is 409 g/mol. The lowest BCUT2D eigenvalue weighted by molar-refractivity contribution is -0.120. The predicted octanol–water partition coefficient (Wildman–Crippen LogP) is 3.78. The van der Waals surface area contributed by atoms with Crippen LogP contribution in [0.1, 0.15) is 26.7 Å². The molecule has 0 aliphatic heterocycles. The van der Waals surface area contributed by atoms with Gasteiger partial charge in [-0.1, -0.05) is 11.3 Å². The molecule has 0 unspecified atom stereocenters. The Morgan fingerprint density at radius 1 is 1.31 bits per heavy atom. The lowest BCUT2D eigenvalue weighted by Gasteiger charge is -2.35. The molecule has 1 saturated carbocycles. The van der Waals surface area contributed by atoms with Crippen LogP contribution in [0.4, 0.5) is 13.2 Å². The fourth-order valence-electron chi connectivity index (χ4n) is 3.05. The summed E-state index contributed by atoms with van der Waals surface area (Å²) in [5.74, 6) is -0.292.